The van der Waals surface area contributed by atoms with Crippen molar-refractivity contribution in [2.45, 2.75) is 0 Å². The van der Waals surface area contributed by atoms with Crippen LogP contribution >= 0.6 is 31.9 Å². The highest BCUT2D eigenvalue weighted by atomic mass is 79.9. The minimum absolute atomic E-state index is 0.342. The molecule has 0 spiro atoms. The molecule has 2 aromatic carbocycles. The molecule has 90 valence electrons. The number of hydrogen-bond donors (Lipinski definition) is 0. The van der Waals surface area contributed by atoms with Crippen LogP contribution in [0.15, 0.2) is 45.3 Å². The molecule has 0 saturated carbocycles. The monoisotopic (exact) mass is 369 g/mol. The van der Waals surface area contributed by atoms with Crippen molar-refractivity contribution < 1.29 is 9.13 Å². The van der Waals surface area contributed by atoms with Gasteiger partial charge in [0.1, 0.15) is 23.4 Å². The van der Waals surface area contributed by atoms with Crippen molar-refractivity contribution in [3.05, 3.63) is 56.7 Å². The first-order chi connectivity index (χ1) is 8.60. The van der Waals surface area contributed by atoms with E-state index in [1.54, 1.807) is 30.3 Å². The van der Waals surface area contributed by atoms with Crippen molar-refractivity contribution in [1.29, 1.82) is 5.26 Å². The summed E-state index contributed by atoms with van der Waals surface area (Å²) in [4.78, 5) is 0. The molecule has 18 heavy (non-hydrogen) atoms. The Hall–Kier alpha value is -1.38. The van der Waals surface area contributed by atoms with Gasteiger partial charge in [0.15, 0.2) is 0 Å². The fourth-order valence-corrected chi connectivity index (χ4v) is 1.95. The van der Waals surface area contributed by atoms with Crippen molar-refractivity contribution in [3.63, 3.8) is 0 Å². The Morgan fingerprint density at radius 1 is 1.11 bits per heavy atom. The SMILES string of the molecule is N#Cc1cc(Br)ccc1Oc1ccc(Br)c(F)c1. The molecule has 0 atom stereocenters. The van der Waals surface area contributed by atoms with E-state index in [0.717, 1.165) is 4.47 Å². The lowest BCUT2D eigenvalue weighted by atomic mass is 10.2. The molecular weight excluding hydrogens is 365 g/mol. The van der Waals surface area contributed by atoms with Gasteiger partial charge in [0.05, 0.1) is 10.0 Å². The normalized spacial score (nSPS) is 9.89. The van der Waals surface area contributed by atoms with Crippen molar-refractivity contribution in [1.82, 2.24) is 0 Å². The van der Waals surface area contributed by atoms with Crippen LogP contribution in [0.2, 0.25) is 0 Å². The quantitative estimate of drug-likeness (QED) is 0.743. The smallest absolute Gasteiger partial charge is 0.145 e. The fourth-order valence-electron chi connectivity index (χ4n) is 1.35. The lowest BCUT2D eigenvalue weighted by molar-refractivity contribution is 0.474. The van der Waals surface area contributed by atoms with E-state index in [2.05, 4.69) is 31.9 Å². The molecule has 2 rings (SSSR count). The zero-order valence-electron chi connectivity index (χ0n) is 8.95. The maximum atomic E-state index is 13.3. The standard InChI is InChI=1S/C13H6Br2FNO/c14-9-1-4-13(8(5-9)7-17)18-10-2-3-11(15)12(16)6-10/h1-6H. The van der Waals surface area contributed by atoms with E-state index in [0.29, 0.717) is 21.5 Å². The largest absolute Gasteiger partial charge is 0.456 e. The Kier molecular flexibility index (Phi) is 4.00. The van der Waals surface area contributed by atoms with Crippen molar-refractivity contribution >= 4 is 31.9 Å². The molecule has 0 N–H and O–H groups in total. The minimum Gasteiger partial charge on any atom is -0.456 e. The van der Waals surface area contributed by atoms with Crippen LogP contribution in [0.25, 0.3) is 0 Å². The van der Waals surface area contributed by atoms with Crippen molar-refractivity contribution in [3.8, 4) is 17.6 Å². The summed E-state index contributed by atoms with van der Waals surface area (Å²) in [7, 11) is 0. The lowest BCUT2D eigenvalue weighted by Gasteiger charge is -2.08. The summed E-state index contributed by atoms with van der Waals surface area (Å²) in [5, 5.41) is 8.99. The van der Waals surface area contributed by atoms with E-state index in [-0.39, 0.29) is 0 Å². The number of benzene rings is 2. The van der Waals surface area contributed by atoms with Crippen LogP contribution in [0.3, 0.4) is 0 Å². The third kappa shape index (κ3) is 2.89. The molecule has 0 fully saturated rings. The summed E-state index contributed by atoms with van der Waals surface area (Å²) in [5.74, 6) is 0.320. The zero-order valence-corrected chi connectivity index (χ0v) is 12.1. The first-order valence-corrected chi connectivity index (χ1v) is 6.51. The molecule has 0 unspecified atom stereocenters. The average Bonchev–Trinajstić information content (AvgIpc) is 2.36. The Labute approximate surface area is 120 Å². The molecule has 0 saturated heterocycles. The van der Waals surface area contributed by atoms with Gasteiger partial charge in [0.25, 0.3) is 0 Å². The molecule has 0 amide bonds. The van der Waals surface area contributed by atoms with Crippen LogP contribution in [-0.2, 0) is 0 Å². The summed E-state index contributed by atoms with van der Waals surface area (Å²) in [6, 6.07) is 11.5. The van der Waals surface area contributed by atoms with Gasteiger partial charge in [0, 0.05) is 10.5 Å². The highest BCUT2D eigenvalue weighted by Gasteiger charge is 2.07. The average molecular weight is 371 g/mol. The van der Waals surface area contributed by atoms with Crippen LogP contribution in [-0.4, -0.2) is 0 Å². The Morgan fingerprint density at radius 3 is 2.56 bits per heavy atom. The van der Waals surface area contributed by atoms with Crippen LogP contribution in [0.5, 0.6) is 11.5 Å². The summed E-state index contributed by atoms with van der Waals surface area (Å²) >= 11 is 6.33. The zero-order chi connectivity index (χ0) is 13.1. The second-order valence-electron chi connectivity index (χ2n) is 3.43. The van der Waals surface area contributed by atoms with Gasteiger partial charge in [-0.15, -0.1) is 0 Å². The molecule has 0 aliphatic heterocycles. The van der Waals surface area contributed by atoms with E-state index in [1.165, 1.54) is 6.07 Å². The van der Waals surface area contributed by atoms with Gasteiger partial charge in [0.2, 0.25) is 0 Å². The molecule has 0 heterocycles. The highest BCUT2D eigenvalue weighted by Crippen LogP contribution is 2.29. The Morgan fingerprint density at radius 2 is 1.89 bits per heavy atom. The van der Waals surface area contributed by atoms with Gasteiger partial charge in [-0.1, -0.05) is 15.9 Å². The molecule has 0 radical (unpaired) electrons. The number of nitriles is 1. The number of rotatable bonds is 2. The minimum atomic E-state index is -0.414. The van der Waals surface area contributed by atoms with Gasteiger partial charge in [-0.05, 0) is 46.3 Å². The number of ether oxygens (including phenoxy) is 1. The fraction of sp³-hybridized carbons (Fsp3) is 0. The van der Waals surface area contributed by atoms with Crippen molar-refractivity contribution in [2.75, 3.05) is 0 Å². The maximum Gasteiger partial charge on any atom is 0.145 e. The summed E-state index contributed by atoms with van der Waals surface area (Å²) < 4.78 is 20.0. The number of hydrogen-bond acceptors (Lipinski definition) is 2. The van der Waals surface area contributed by atoms with E-state index in [9.17, 15) is 4.39 Å². The van der Waals surface area contributed by atoms with Crippen LogP contribution in [0.1, 0.15) is 5.56 Å². The molecule has 0 aliphatic carbocycles. The van der Waals surface area contributed by atoms with Gasteiger partial charge >= 0.3 is 0 Å². The Balaban J connectivity index is 2.34. The van der Waals surface area contributed by atoms with Crippen LogP contribution in [0.4, 0.5) is 4.39 Å². The van der Waals surface area contributed by atoms with E-state index in [4.69, 9.17) is 10.00 Å². The second kappa shape index (κ2) is 5.51. The van der Waals surface area contributed by atoms with Gasteiger partial charge in [-0.2, -0.15) is 5.26 Å². The van der Waals surface area contributed by atoms with Crippen LogP contribution < -0.4 is 4.74 Å². The summed E-state index contributed by atoms with van der Waals surface area (Å²) in [6.45, 7) is 0. The van der Waals surface area contributed by atoms with Gasteiger partial charge in [-0.3, -0.25) is 0 Å². The molecule has 5 heteroatoms. The van der Waals surface area contributed by atoms with Gasteiger partial charge in [-0.25, -0.2) is 4.39 Å². The van der Waals surface area contributed by atoms with E-state index in [1.807, 2.05) is 6.07 Å². The topological polar surface area (TPSA) is 33.0 Å². The first-order valence-electron chi connectivity index (χ1n) is 4.92. The number of nitrogens with zero attached hydrogens (tertiary/aromatic N) is 1. The molecular formula is C13H6Br2FNO. The Bertz CT molecular complexity index is 637. The van der Waals surface area contributed by atoms with Crippen LogP contribution in [0, 0.1) is 17.1 Å². The van der Waals surface area contributed by atoms with E-state index >= 15 is 0 Å². The molecule has 0 aromatic heterocycles. The maximum absolute atomic E-state index is 13.3. The van der Waals surface area contributed by atoms with E-state index < -0.39 is 5.82 Å². The molecule has 2 aromatic rings. The molecule has 0 bridgehead atoms. The predicted octanol–water partition coefficient (Wildman–Crippen LogP) is 5.01. The molecule has 0 aliphatic rings. The lowest BCUT2D eigenvalue weighted by Crippen LogP contribution is -1.89. The summed E-state index contributed by atoms with van der Waals surface area (Å²) in [6.07, 6.45) is 0. The summed E-state index contributed by atoms with van der Waals surface area (Å²) in [5.41, 5.74) is 0.382. The first kappa shape index (κ1) is 13.1. The number of halogens is 3. The van der Waals surface area contributed by atoms with Crippen molar-refractivity contribution in [2.24, 2.45) is 0 Å². The third-order valence-corrected chi connectivity index (χ3v) is 3.32. The highest BCUT2D eigenvalue weighted by molar-refractivity contribution is 9.10. The van der Waals surface area contributed by atoms with Gasteiger partial charge < -0.3 is 4.74 Å². The predicted molar refractivity (Wildman–Crippen MR) is 73.0 cm³/mol. The molecule has 2 nitrogen and oxygen atoms in total. The second-order valence-corrected chi connectivity index (χ2v) is 5.20. The third-order valence-electron chi connectivity index (χ3n) is 2.18.